The molecule has 0 aliphatic heterocycles. The van der Waals surface area contributed by atoms with Crippen LogP contribution in [0.1, 0.15) is 68.7 Å². The van der Waals surface area contributed by atoms with Crippen LogP contribution in [0.2, 0.25) is 0 Å². The van der Waals surface area contributed by atoms with Gasteiger partial charge in [-0.1, -0.05) is 76.2 Å². The van der Waals surface area contributed by atoms with E-state index in [2.05, 4.69) is 62.6 Å². The fraction of sp³-hybridized carbons (Fsp3) is 0.333. The van der Waals surface area contributed by atoms with Crippen LogP contribution in [0.15, 0.2) is 60.7 Å². The van der Waals surface area contributed by atoms with E-state index in [1.807, 2.05) is 31.2 Å². The maximum atomic E-state index is 12.1. The predicted octanol–water partition coefficient (Wildman–Crippen LogP) is 5.28. The molecule has 0 aromatic heterocycles. The minimum atomic E-state index is -0.185. The molecular formula is C27H34N2O2. The van der Waals surface area contributed by atoms with Gasteiger partial charge in [0, 0.05) is 24.7 Å². The first kappa shape index (κ1) is 24.1. The van der Waals surface area contributed by atoms with Crippen molar-refractivity contribution in [3.63, 3.8) is 0 Å². The molecule has 2 amide bonds. The van der Waals surface area contributed by atoms with Crippen molar-refractivity contribution in [2.45, 2.75) is 52.5 Å². The molecular weight excluding hydrogens is 384 g/mol. The first-order valence-electron chi connectivity index (χ1n) is 10.9. The number of hydrogen-bond donors (Lipinski definition) is 2. The van der Waals surface area contributed by atoms with Crippen LogP contribution < -0.4 is 10.6 Å². The number of hydrogen-bond acceptors (Lipinski definition) is 2. The third kappa shape index (κ3) is 8.63. The van der Waals surface area contributed by atoms with Crippen molar-refractivity contribution in [3.05, 3.63) is 82.9 Å². The quantitative estimate of drug-likeness (QED) is 0.544. The molecule has 2 aromatic rings. The summed E-state index contributed by atoms with van der Waals surface area (Å²) in [6, 6.07) is 16.1. The van der Waals surface area contributed by atoms with Gasteiger partial charge in [0.05, 0.1) is 0 Å². The summed E-state index contributed by atoms with van der Waals surface area (Å²) >= 11 is 0. The Morgan fingerprint density at radius 1 is 0.710 bits per heavy atom. The van der Waals surface area contributed by atoms with E-state index in [0.29, 0.717) is 18.4 Å². The van der Waals surface area contributed by atoms with Crippen LogP contribution in [0.4, 0.5) is 0 Å². The largest absolute Gasteiger partial charge is 0.351 e. The van der Waals surface area contributed by atoms with Crippen molar-refractivity contribution in [2.75, 3.05) is 6.54 Å². The molecule has 2 aromatic carbocycles. The fourth-order valence-corrected chi connectivity index (χ4v) is 2.98. The Morgan fingerprint density at radius 2 is 1.13 bits per heavy atom. The van der Waals surface area contributed by atoms with Crippen LogP contribution in [0, 0.1) is 0 Å². The molecule has 31 heavy (non-hydrogen) atoms. The van der Waals surface area contributed by atoms with Crippen molar-refractivity contribution >= 4 is 24.0 Å². The monoisotopic (exact) mass is 418 g/mol. The van der Waals surface area contributed by atoms with Crippen molar-refractivity contribution in [2.24, 2.45) is 0 Å². The number of carbonyl (C=O) groups is 2. The SMILES string of the molecule is CC(CNC(=O)C=Cc1ccc(C(C)C)cc1)NC(=O)C=Cc1ccc(C(C)C)cc1. The first-order chi connectivity index (χ1) is 14.7. The Kier molecular flexibility index (Phi) is 9.26. The van der Waals surface area contributed by atoms with Crippen LogP contribution in [0.25, 0.3) is 12.2 Å². The van der Waals surface area contributed by atoms with Gasteiger partial charge in [-0.05, 0) is 53.2 Å². The lowest BCUT2D eigenvalue weighted by Crippen LogP contribution is -2.40. The summed E-state index contributed by atoms with van der Waals surface area (Å²) in [5.74, 6) is 0.598. The summed E-state index contributed by atoms with van der Waals surface area (Å²) in [5, 5.41) is 5.67. The van der Waals surface area contributed by atoms with Gasteiger partial charge in [-0.3, -0.25) is 9.59 Å². The molecule has 4 heteroatoms. The van der Waals surface area contributed by atoms with Crippen molar-refractivity contribution in [3.8, 4) is 0 Å². The number of rotatable bonds is 9. The summed E-state index contributed by atoms with van der Waals surface area (Å²) in [7, 11) is 0. The summed E-state index contributed by atoms with van der Waals surface area (Å²) in [6.45, 7) is 10.8. The molecule has 0 saturated carbocycles. The standard InChI is InChI=1S/C27H34N2O2/c1-19(2)24-12-6-22(7-13-24)10-16-26(30)28-18-21(5)29-27(31)17-11-23-8-14-25(15-9-23)20(3)4/h6-17,19-21H,18H2,1-5H3,(H,28,30)(H,29,31). The highest BCUT2D eigenvalue weighted by Crippen LogP contribution is 2.16. The van der Waals surface area contributed by atoms with Crippen LogP contribution in [-0.2, 0) is 9.59 Å². The maximum Gasteiger partial charge on any atom is 0.244 e. The van der Waals surface area contributed by atoms with Crippen LogP contribution in [0.5, 0.6) is 0 Å². The molecule has 0 heterocycles. The normalized spacial score (nSPS) is 12.6. The van der Waals surface area contributed by atoms with Gasteiger partial charge >= 0.3 is 0 Å². The van der Waals surface area contributed by atoms with Crippen molar-refractivity contribution in [1.82, 2.24) is 10.6 Å². The molecule has 0 radical (unpaired) electrons. The molecule has 164 valence electrons. The molecule has 0 spiro atoms. The number of benzene rings is 2. The Morgan fingerprint density at radius 3 is 1.55 bits per heavy atom. The van der Waals surface area contributed by atoms with Gasteiger partial charge in [-0.25, -0.2) is 0 Å². The second-order valence-electron chi connectivity index (χ2n) is 8.46. The van der Waals surface area contributed by atoms with E-state index in [1.54, 1.807) is 12.2 Å². The first-order valence-corrected chi connectivity index (χ1v) is 10.9. The molecule has 0 aliphatic carbocycles. The second kappa shape index (κ2) is 11.9. The van der Waals surface area contributed by atoms with Crippen molar-refractivity contribution in [1.29, 1.82) is 0 Å². The van der Waals surface area contributed by atoms with E-state index < -0.39 is 0 Å². The molecule has 0 saturated heterocycles. The Bertz CT molecular complexity index is 907. The summed E-state index contributed by atoms with van der Waals surface area (Å²) in [5.41, 5.74) is 4.50. The number of nitrogens with one attached hydrogen (secondary N) is 2. The lowest BCUT2D eigenvalue weighted by Gasteiger charge is -2.12. The molecule has 1 atom stereocenters. The number of amides is 2. The van der Waals surface area contributed by atoms with Gasteiger partial charge in [0.2, 0.25) is 11.8 Å². The van der Waals surface area contributed by atoms with Crippen LogP contribution in [-0.4, -0.2) is 24.4 Å². The molecule has 1 unspecified atom stereocenters. The summed E-state index contributed by atoms with van der Waals surface area (Å²) in [6.07, 6.45) is 6.61. The van der Waals surface area contributed by atoms with Gasteiger partial charge in [-0.2, -0.15) is 0 Å². The zero-order valence-electron chi connectivity index (χ0n) is 19.2. The Hall–Kier alpha value is -3.14. The molecule has 2 rings (SSSR count). The summed E-state index contributed by atoms with van der Waals surface area (Å²) in [4.78, 5) is 24.2. The van der Waals surface area contributed by atoms with E-state index in [4.69, 9.17) is 0 Å². The fourth-order valence-electron chi connectivity index (χ4n) is 2.98. The Labute approximate surface area is 186 Å². The number of carbonyl (C=O) groups excluding carboxylic acids is 2. The molecule has 4 nitrogen and oxygen atoms in total. The van der Waals surface area contributed by atoms with E-state index in [1.165, 1.54) is 23.3 Å². The third-order valence-corrected chi connectivity index (χ3v) is 5.03. The maximum absolute atomic E-state index is 12.1. The average molecular weight is 419 g/mol. The summed E-state index contributed by atoms with van der Waals surface area (Å²) < 4.78 is 0. The lowest BCUT2D eigenvalue weighted by molar-refractivity contribution is -0.118. The molecule has 0 aliphatic rings. The van der Waals surface area contributed by atoms with E-state index in [-0.39, 0.29) is 17.9 Å². The predicted molar refractivity (Wildman–Crippen MR) is 130 cm³/mol. The highest BCUT2D eigenvalue weighted by Gasteiger charge is 2.06. The van der Waals surface area contributed by atoms with Gasteiger partial charge in [0.15, 0.2) is 0 Å². The smallest absolute Gasteiger partial charge is 0.244 e. The van der Waals surface area contributed by atoms with E-state index in [9.17, 15) is 9.59 Å². The highest BCUT2D eigenvalue weighted by molar-refractivity contribution is 5.93. The second-order valence-corrected chi connectivity index (χ2v) is 8.46. The zero-order chi connectivity index (χ0) is 22.8. The molecule has 0 bridgehead atoms. The Balaban J connectivity index is 1.75. The van der Waals surface area contributed by atoms with E-state index >= 15 is 0 Å². The van der Waals surface area contributed by atoms with Gasteiger partial charge < -0.3 is 10.6 Å². The molecule has 0 fully saturated rings. The van der Waals surface area contributed by atoms with Gasteiger partial charge in [0.25, 0.3) is 0 Å². The van der Waals surface area contributed by atoms with E-state index in [0.717, 1.165) is 11.1 Å². The topological polar surface area (TPSA) is 58.2 Å². The average Bonchev–Trinajstić information content (AvgIpc) is 2.75. The third-order valence-electron chi connectivity index (χ3n) is 5.03. The zero-order valence-corrected chi connectivity index (χ0v) is 19.2. The molecule has 2 N–H and O–H groups in total. The van der Waals surface area contributed by atoms with Gasteiger partial charge in [-0.15, -0.1) is 0 Å². The highest BCUT2D eigenvalue weighted by atomic mass is 16.2. The van der Waals surface area contributed by atoms with Gasteiger partial charge in [0.1, 0.15) is 0 Å². The minimum absolute atomic E-state index is 0.178. The van der Waals surface area contributed by atoms with Crippen LogP contribution in [0.3, 0.4) is 0 Å². The minimum Gasteiger partial charge on any atom is -0.351 e. The van der Waals surface area contributed by atoms with Crippen molar-refractivity contribution < 1.29 is 9.59 Å². The van der Waals surface area contributed by atoms with Crippen LogP contribution >= 0.6 is 0 Å². The lowest BCUT2D eigenvalue weighted by atomic mass is 10.0.